The molecule has 0 unspecified atom stereocenters. The molecule has 0 amide bonds. The maximum Gasteiger partial charge on any atom is 0.303 e. The van der Waals surface area contributed by atoms with Gasteiger partial charge in [0, 0.05) is 14.0 Å². The van der Waals surface area contributed by atoms with Crippen LogP contribution in [0.25, 0.3) is 0 Å². The van der Waals surface area contributed by atoms with Crippen LogP contribution in [0, 0.1) is 0 Å². The van der Waals surface area contributed by atoms with Crippen LogP contribution in [0.15, 0.2) is 0 Å². The average Bonchev–Trinajstić information content (AvgIpc) is 2.79. The Morgan fingerprint density at radius 2 is 1.43 bits per heavy atom. The summed E-state index contributed by atoms with van der Waals surface area (Å²) in [5.74, 6) is -0.355. The van der Waals surface area contributed by atoms with Crippen molar-refractivity contribution in [2.75, 3.05) is 13.7 Å². The molecule has 4 atom stereocenters. The van der Waals surface area contributed by atoms with Crippen molar-refractivity contribution >= 4 is 22.6 Å². The van der Waals surface area contributed by atoms with Gasteiger partial charge in [-0.15, -0.1) is 0 Å². The van der Waals surface area contributed by atoms with E-state index in [9.17, 15) is 4.79 Å². The van der Waals surface area contributed by atoms with E-state index in [0.717, 1.165) is 0 Å². The van der Waals surface area contributed by atoms with Crippen molar-refractivity contribution in [2.24, 2.45) is 0 Å². The normalized spacial score (nSPS) is 27.1. The maximum atomic E-state index is 11.8. The van der Waals surface area contributed by atoms with E-state index >= 15 is 0 Å². The first-order chi connectivity index (χ1) is 12.4. The topological polar surface area (TPSA) is 63.2 Å². The summed E-state index contributed by atoms with van der Waals surface area (Å²) in [4.78, 5) is 11.8. The molecule has 28 heavy (non-hydrogen) atoms. The molecule has 1 aliphatic rings. The van der Waals surface area contributed by atoms with Crippen molar-refractivity contribution in [1.82, 2.24) is 0 Å². The molecule has 1 rings (SSSR count). The van der Waals surface area contributed by atoms with E-state index in [2.05, 4.69) is 67.7 Å². The van der Waals surface area contributed by atoms with Crippen molar-refractivity contribution in [3.8, 4) is 0 Å². The fraction of sp³-hybridized carbons (Fsp3) is 0.950. The minimum Gasteiger partial charge on any atom is -0.457 e. The lowest BCUT2D eigenvalue weighted by atomic mass is 10.1. The van der Waals surface area contributed by atoms with Gasteiger partial charge in [-0.25, -0.2) is 0 Å². The molecule has 0 saturated carbocycles. The van der Waals surface area contributed by atoms with E-state index in [-0.39, 0.29) is 16.0 Å². The highest BCUT2D eigenvalue weighted by Crippen LogP contribution is 2.41. The maximum absolute atomic E-state index is 11.8. The molecule has 0 N–H and O–H groups in total. The Morgan fingerprint density at radius 1 is 0.929 bits per heavy atom. The van der Waals surface area contributed by atoms with Crippen molar-refractivity contribution in [3.05, 3.63) is 0 Å². The van der Waals surface area contributed by atoms with Gasteiger partial charge in [-0.1, -0.05) is 41.5 Å². The van der Waals surface area contributed by atoms with Gasteiger partial charge < -0.3 is 23.1 Å². The Balaban J connectivity index is 3.07. The van der Waals surface area contributed by atoms with Crippen LogP contribution < -0.4 is 0 Å². The number of rotatable bonds is 7. The van der Waals surface area contributed by atoms with Gasteiger partial charge in [-0.3, -0.25) is 4.79 Å². The summed E-state index contributed by atoms with van der Waals surface area (Å²) in [5, 5.41) is 0.0992. The smallest absolute Gasteiger partial charge is 0.303 e. The number of methoxy groups -OCH3 is 1. The highest BCUT2D eigenvalue weighted by atomic mass is 28.4. The molecule has 0 bridgehead atoms. The highest BCUT2D eigenvalue weighted by Gasteiger charge is 2.52. The third kappa shape index (κ3) is 6.12. The second-order valence-electron chi connectivity index (χ2n) is 10.8. The van der Waals surface area contributed by atoms with Gasteiger partial charge in [0.25, 0.3) is 0 Å². The number of carbonyl (C=O) groups is 1. The zero-order valence-electron chi connectivity index (χ0n) is 20.0. The summed E-state index contributed by atoms with van der Waals surface area (Å²) < 4.78 is 30.3. The summed E-state index contributed by atoms with van der Waals surface area (Å²) in [6.45, 7) is 23.6. The van der Waals surface area contributed by atoms with Crippen LogP contribution in [0.2, 0.25) is 36.3 Å². The Bertz CT molecular complexity index is 536. The standard InChI is InChI=1S/C20H42O6Si2/c1-14(21)24-16-15(13-23-27(9,10)19(2,3)4)25-18(22-8)17(16)26-28(11,12)20(5,6)7/h15-18H,13H2,1-12H3/t15-,16-,17-,18-/m1/s1. The van der Waals surface area contributed by atoms with Gasteiger partial charge in [0.2, 0.25) is 0 Å². The molecular formula is C20H42O6Si2. The Hall–Kier alpha value is -0.256. The van der Waals surface area contributed by atoms with E-state index < -0.39 is 41.2 Å². The van der Waals surface area contributed by atoms with Crippen LogP contribution in [0.4, 0.5) is 0 Å². The van der Waals surface area contributed by atoms with Gasteiger partial charge in [0.15, 0.2) is 29.0 Å². The van der Waals surface area contributed by atoms with Gasteiger partial charge in [0.1, 0.15) is 12.2 Å². The van der Waals surface area contributed by atoms with Crippen molar-refractivity contribution in [3.63, 3.8) is 0 Å². The number of hydrogen-bond acceptors (Lipinski definition) is 6. The highest BCUT2D eigenvalue weighted by molar-refractivity contribution is 6.74. The summed E-state index contributed by atoms with van der Waals surface area (Å²) in [6, 6.07) is 0. The van der Waals surface area contributed by atoms with Crippen LogP contribution in [0.5, 0.6) is 0 Å². The lowest BCUT2D eigenvalue weighted by molar-refractivity contribution is -0.153. The van der Waals surface area contributed by atoms with E-state index in [4.69, 9.17) is 23.1 Å². The van der Waals surface area contributed by atoms with Crippen LogP contribution in [0.3, 0.4) is 0 Å². The van der Waals surface area contributed by atoms with Crippen LogP contribution in [-0.2, 0) is 27.9 Å². The monoisotopic (exact) mass is 434 g/mol. The van der Waals surface area contributed by atoms with Crippen LogP contribution in [-0.4, -0.2) is 60.9 Å². The van der Waals surface area contributed by atoms with Gasteiger partial charge >= 0.3 is 5.97 Å². The first kappa shape index (κ1) is 25.8. The molecule has 1 heterocycles. The zero-order chi connectivity index (χ0) is 22.1. The van der Waals surface area contributed by atoms with Gasteiger partial charge in [0.05, 0.1) is 6.61 Å². The van der Waals surface area contributed by atoms with Crippen molar-refractivity contribution < 1.29 is 27.9 Å². The lowest BCUT2D eigenvalue weighted by Gasteiger charge is -2.40. The predicted molar refractivity (Wildman–Crippen MR) is 116 cm³/mol. The number of hydrogen-bond donors (Lipinski definition) is 0. The largest absolute Gasteiger partial charge is 0.457 e. The first-order valence-corrected chi connectivity index (χ1v) is 15.9. The quantitative estimate of drug-likeness (QED) is 0.427. The fourth-order valence-electron chi connectivity index (χ4n) is 2.50. The molecule has 8 heteroatoms. The van der Waals surface area contributed by atoms with E-state index in [1.165, 1.54) is 6.92 Å². The summed E-state index contributed by atoms with van der Waals surface area (Å²) in [6.07, 6.45) is -2.03. The fourth-order valence-corrected chi connectivity index (χ4v) is 4.79. The third-order valence-corrected chi connectivity index (χ3v) is 15.4. The van der Waals surface area contributed by atoms with Gasteiger partial charge in [-0.2, -0.15) is 0 Å². The van der Waals surface area contributed by atoms with Crippen molar-refractivity contribution in [2.45, 2.75) is 109 Å². The molecule has 0 spiro atoms. The molecule has 0 aliphatic carbocycles. The summed E-state index contributed by atoms with van der Waals surface area (Å²) >= 11 is 0. The number of carbonyl (C=O) groups excluding carboxylic acids is 1. The minimum atomic E-state index is -2.12. The first-order valence-electron chi connectivity index (χ1n) is 10.1. The molecule has 0 radical (unpaired) electrons. The van der Waals surface area contributed by atoms with Crippen molar-refractivity contribution in [1.29, 1.82) is 0 Å². The molecule has 0 aromatic heterocycles. The van der Waals surface area contributed by atoms with E-state index in [0.29, 0.717) is 6.61 Å². The molecule has 1 aliphatic heterocycles. The number of ether oxygens (including phenoxy) is 3. The lowest BCUT2D eigenvalue weighted by Crippen LogP contribution is -2.51. The zero-order valence-corrected chi connectivity index (χ0v) is 22.0. The summed E-state index contributed by atoms with van der Waals surface area (Å²) in [7, 11) is -2.50. The Labute approximate surface area is 173 Å². The molecule has 1 fully saturated rings. The average molecular weight is 435 g/mol. The minimum absolute atomic E-state index is 0.0157. The molecule has 0 aromatic carbocycles. The molecule has 1 saturated heterocycles. The molecule has 0 aromatic rings. The molecular weight excluding hydrogens is 392 g/mol. The summed E-state index contributed by atoms with van der Waals surface area (Å²) in [5.41, 5.74) is 0. The third-order valence-electron chi connectivity index (χ3n) is 6.45. The molecule has 6 nitrogen and oxygen atoms in total. The Kier molecular flexibility index (Phi) is 8.15. The SMILES string of the molecule is CO[C@@H]1O[C@H](CO[Si](C)(C)C(C)(C)C)[C@@H](OC(C)=O)[C@H]1O[Si](C)(C)C(C)(C)C. The van der Waals surface area contributed by atoms with E-state index in [1.54, 1.807) is 7.11 Å². The predicted octanol–water partition coefficient (Wildman–Crippen LogP) is 4.70. The van der Waals surface area contributed by atoms with Crippen LogP contribution >= 0.6 is 0 Å². The second kappa shape index (κ2) is 8.85. The molecule has 166 valence electrons. The van der Waals surface area contributed by atoms with E-state index in [1.807, 2.05) is 0 Å². The van der Waals surface area contributed by atoms with Crippen LogP contribution in [0.1, 0.15) is 48.5 Å². The number of esters is 1. The Morgan fingerprint density at radius 3 is 1.82 bits per heavy atom. The second-order valence-corrected chi connectivity index (χ2v) is 20.3. The van der Waals surface area contributed by atoms with Gasteiger partial charge in [-0.05, 0) is 36.3 Å².